The summed E-state index contributed by atoms with van der Waals surface area (Å²) in [6.45, 7) is -0.571. The van der Waals surface area contributed by atoms with E-state index in [1.54, 1.807) is 0 Å². The minimum absolute atomic E-state index is 0.571. The maximum absolute atomic E-state index is 11.7. The smallest absolute Gasteiger partial charge is 0.332 e. The van der Waals surface area contributed by atoms with Crippen molar-refractivity contribution in [3.8, 4) is 0 Å². The number of hydrogen-bond donors (Lipinski definition) is 4. The van der Waals surface area contributed by atoms with Crippen molar-refractivity contribution >= 4 is 23.0 Å². The van der Waals surface area contributed by atoms with E-state index in [2.05, 4.69) is 0 Å². The fourth-order valence-electron chi connectivity index (χ4n) is 1.88. The number of aliphatic hydroxyl groups excluding tert-OH is 3. The molecule has 1 aliphatic heterocycles. The molecule has 1 aliphatic rings. The normalized spacial score (nSPS) is 34.6. The molecule has 0 unspecified atom stereocenters. The summed E-state index contributed by atoms with van der Waals surface area (Å²) in [6, 6.07) is 1.04. The van der Waals surface area contributed by atoms with Crippen LogP contribution in [0.2, 0.25) is 0 Å². The van der Waals surface area contributed by atoms with Crippen LogP contribution in [0.3, 0.4) is 0 Å². The summed E-state index contributed by atoms with van der Waals surface area (Å²) in [4.78, 5) is 24.7. The molecule has 4 N–H and O–H groups in total. The van der Waals surface area contributed by atoms with Gasteiger partial charge in [0.2, 0.25) is 0 Å². The van der Waals surface area contributed by atoms with Crippen molar-refractivity contribution in [2.75, 3.05) is 6.61 Å². The lowest BCUT2D eigenvalue weighted by Gasteiger charge is -2.30. The predicted octanol–water partition coefficient (Wildman–Crippen LogP) is -2.37. The van der Waals surface area contributed by atoms with Crippen molar-refractivity contribution in [2.45, 2.75) is 24.2 Å². The van der Waals surface area contributed by atoms with Gasteiger partial charge >= 0.3 is 5.69 Å². The molecule has 9 nitrogen and oxygen atoms in total. The molecule has 0 aliphatic carbocycles. The van der Waals surface area contributed by atoms with Crippen LogP contribution in [0.5, 0.6) is 0 Å². The molecule has 19 heavy (non-hydrogen) atoms. The Hall–Kier alpha value is -0.790. The van der Waals surface area contributed by atoms with Gasteiger partial charge in [-0.05, 0) is 0 Å². The summed E-state index contributed by atoms with van der Waals surface area (Å²) in [5, 5.41) is 28.8. The average Bonchev–Trinajstić information content (AvgIpc) is 2.64. The summed E-state index contributed by atoms with van der Waals surface area (Å²) in [5.74, 6) is -2.02. The number of aromatic nitrogens is 2. The van der Waals surface area contributed by atoms with Crippen LogP contribution in [-0.4, -0.2) is 49.8 Å². The predicted molar refractivity (Wildman–Crippen MR) is 68.4 cm³/mol. The molecule has 0 spiro atoms. The molecule has 1 aromatic rings. The molecule has 2 rings (SSSR count). The minimum atomic E-state index is -2.02. The van der Waals surface area contributed by atoms with E-state index in [0.29, 0.717) is 0 Å². The van der Waals surface area contributed by atoms with Gasteiger partial charge in [-0.2, -0.15) is 0 Å². The molecule has 2 heterocycles. The van der Waals surface area contributed by atoms with E-state index >= 15 is 0 Å². The Morgan fingerprint density at radius 3 is 2.68 bits per heavy atom. The zero-order chi connectivity index (χ0) is 14.2. The fraction of sp³-hybridized carbons (Fsp3) is 0.556. The van der Waals surface area contributed by atoms with Crippen LogP contribution >= 0.6 is 23.0 Å². The van der Waals surface area contributed by atoms with E-state index in [0.717, 1.165) is 16.8 Å². The van der Waals surface area contributed by atoms with Crippen LogP contribution in [0.25, 0.3) is 0 Å². The van der Waals surface area contributed by atoms with Crippen LogP contribution in [0.15, 0.2) is 21.9 Å². The van der Waals surface area contributed by atoms with Crippen molar-refractivity contribution in [2.24, 2.45) is 0 Å². The van der Waals surface area contributed by atoms with Gasteiger partial charge in [-0.15, -0.1) is 0 Å². The summed E-state index contributed by atoms with van der Waals surface area (Å²) >= 11 is 1.39. The van der Waals surface area contributed by atoms with E-state index in [1.807, 2.05) is 4.98 Å². The highest BCUT2D eigenvalue weighted by Gasteiger charge is 2.57. The molecule has 0 amide bonds. The van der Waals surface area contributed by atoms with Crippen molar-refractivity contribution in [3.63, 3.8) is 0 Å². The Balaban J connectivity index is 2.55. The lowest BCUT2D eigenvalue weighted by Crippen LogP contribution is -2.51. The maximum atomic E-state index is 11.7. The zero-order valence-electron chi connectivity index (χ0n) is 9.39. The first-order valence-electron chi connectivity index (χ1n) is 5.23. The number of halogens is 1. The molecule has 4 atom stereocenters. The fourth-order valence-corrected chi connectivity index (χ4v) is 2.46. The molecule has 1 aromatic heterocycles. The molecular weight excluding hydrogens is 375 g/mol. The van der Waals surface area contributed by atoms with Crippen molar-refractivity contribution in [1.82, 2.24) is 9.55 Å². The third kappa shape index (κ3) is 2.23. The highest BCUT2D eigenvalue weighted by molar-refractivity contribution is 14.1. The number of hydrogen-bond acceptors (Lipinski definition) is 7. The number of aliphatic hydroxyl groups is 3. The Morgan fingerprint density at radius 1 is 1.53 bits per heavy atom. The maximum Gasteiger partial charge on any atom is 0.332 e. The quantitative estimate of drug-likeness (QED) is 0.427. The van der Waals surface area contributed by atoms with Crippen molar-refractivity contribution < 1.29 is 23.1 Å². The highest BCUT2D eigenvalue weighted by atomic mass is 127. The van der Waals surface area contributed by atoms with Gasteiger partial charge < -0.3 is 20.1 Å². The molecule has 0 bridgehead atoms. The Bertz CT molecular complexity index is 572. The van der Waals surface area contributed by atoms with Crippen molar-refractivity contribution in [3.05, 3.63) is 33.1 Å². The summed E-state index contributed by atoms with van der Waals surface area (Å²) < 4.78 is 11.0. The Morgan fingerprint density at radius 2 is 2.21 bits per heavy atom. The monoisotopic (exact) mass is 386 g/mol. The van der Waals surface area contributed by atoms with Gasteiger partial charge in [0.15, 0.2) is 6.10 Å². The SMILES string of the molecule is O=c1ccn([C@]2(OI)O[C@H](CO)[C@@H](O)[C@H]2O)c(=O)[nH]1. The third-order valence-corrected chi connectivity index (χ3v) is 3.48. The van der Waals surface area contributed by atoms with E-state index in [-0.39, 0.29) is 0 Å². The first-order chi connectivity index (χ1) is 8.96. The van der Waals surface area contributed by atoms with Gasteiger partial charge in [0.25, 0.3) is 11.5 Å². The Labute approximate surface area is 120 Å². The zero-order valence-corrected chi connectivity index (χ0v) is 11.6. The van der Waals surface area contributed by atoms with Crippen molar-refractivity contribution in [1.29, 1.82) is 0 Å². The first kappa shape index (κ1) is 14.6. The molecular formula is C9H11IN2O7. The van der Waals surface area contributed by atoms with Gasteiger partial charge in [0, 0.05) is 12.3 Å². The summed E-state index contributed by atoms with van der Waals surface area (Å²) in [5.41, 5.74) is -1.51. The van der Waals surface area contributed by atoms with Gasteiger partial charge in [-0.3, -0.25) is 12.8 Å². The molecule has 1 saturated heterocycles. The van der Waals surface area contributed by atoms with E-state index < -0.39 is 42.1 Å². The molecule has 1 fully saturated rings. The number of ether oxygens (including phenoxy) is 1. The molecule has 10 heteroatoms. The minimum Gasteiger partial charge on any atom is -0.394 e. The van der Waals surface area contributed by atoms with Gasteiger partial charge in [0.1, 0.15) is 35.2 Å². The van der Waals surface area contributed by atoms with Crippen LogP contribution in [0.1, 0.15) is 0 Å². The lowest BCUT2D eigenvalue weighted by molar-refractivity contribution is -0.254. The summed E-state index contributed by atoms with van der Waals surface area (Å²) in [7, 11) is 0. The number of aromatic amines is 1. The van der Waals surface area contributed by atoms with Gasteiger partial charge in [-0.25, -0.2) is 9.36 Å². The lowest BCUT2D eigenvalue weighted by atomic mass is 10.1. The van der Waals surface area contributed by atoms with Crippen LogP contribution in [0.4, 0.5) is 0 Å². The summed E-state index contributed by atoms with van der Waals surface area (Å²) in [6.07, 6.45) is -3.12. The van der Waals surface area contributed by atoms with E-state index in [4.69, 9.17) is 12.9 Å². The second-order valence-corrected chi connectivity index (χ2v) is 4.40. The molecule has 106 valence electrons. The van der Waals surface area contributed by atoms with E-state index in [9.17, 15) is 19.8 Å². The van der Waals surface area contributed by atoms with Crippen LogP contribution in [-0.2, 0) is 13.7 Å². The topological polar surface area (TPSA) is 134 Å². The van der Waals surface area contributed by atoms with Gasteiger partial charge in [-0.1, -0.05) is 0 Å². The average molecular weight is 386 g/mol. The van der Waals surface area contributed by atoms with Crippen LogP contribution < -0.4 is 11.2 Å². The number of rotatable bonds is 3. The second-order valence-electron chi connectivity index (χ2n) is 3.96. The molecule has 0 aromatic carbocycles. The second kappa shape index (κ2) is 5.30. The number of nitrogens with one attached hydrogen (secondary N) is 1. The van der Waals surface area contributed by atoms with Gasteiger partial charge in [0.05, 0.1) is 6.61 Å². The largest absolute Gasteiger partial charge is 0.394 e. The molecule has 0 saturated carbocycles. The first-order valence-corrected chi connectivity index (χ1v) is 6.11. The Kier molecular flexibility index (Phi) is 4.08. The third-order valence-electron chi connectivity index (χ3n) is 2.85. The standard InChI is InChI=1S/C9H11IN2O7/c10-19-9(7(16)6(15)4(3-13)18-9)12-2-1-5(14)11-8(12)17/h1-2,4,6-7,13,15-16H,3H2,(H,11,14,17)/t4-,6-,7-,9+/m1/s1. The van der Waals surface area contributed by atoms with E-state index in [1.165, 1.54) is 23.0 Å². The molecule has 0 radical (unpaired) electrons. The highest BCUT2D eigenvalue weighted by Crippen LogP contribution is 2.37. The van der Waals surface area contributed by atoms with Crippen LogP contribution in [0, 0.1) is 0 Å². The number of nitrogens with zero attached hydrogens (tertiary/aromatic N) is 1. The number of H-pyrrole nitrogens is 1.